The monoisotopic (exact) mass is 408 g/mol. The number of esters is 2. The van der Waals surface area contributed by atoms with E-state index in [9.17, 15) is 9.59 Å². The summed E-state index contributed by atoms with van der Waals surface area (Å²) in [5.74, 6) is -0.104. The molecule has 0 heterocycles. The van der Waals surface area contributed by atoms with Crippen LogP contribution in [0.2, 0.25) is 0 Å². The first-order chi connectivity index (χ1) is 14.3. The van der Waals surface area contributed by atoms with Gasteiger partial charge in [-0.2, -0.15) is 0 Å². The molecule has 0 radical (unpaired) electrons. The molecule has 2 aromatic rings. The molecular weight excluding hydrogens is 380 g/mol. The summed E-state index contributed by atoms with van der Waals surface area (Å²) >= 11 is 0. The number of methoxy groups -OCH3 is 1. The summed E-state index contributed by atoms with van der Waals surface area (Å²) in [7, 11) is 1.35. The smallest absolute Gasteiger partial charge is 0.333 e. The van der Waals surface area contributed by atoms with Gasteiger partial charge >= 0.3 is 11.9 Å². The standard InChI is InChI=1S/C25H28O5/c1-17(23(26)28-4)13-21-22(25(21,2)3)24(27)30-16-19-10-8-9-18(14-19)15-29-20-11-6-5-7-12-20/h5-14,21-22H,15-16H2,1-4H3/b17-13+/t21-,22+/m1/s1. The second kappa shape index (κ2) is 9.16. The number of ether oxygens (including phenoxy) is 3. The first-order valence-corrected chi connectivity index (χ1v) is 10.0. The topological polar surface area (TPSA) is 61.8 Å². The van der Waals surface area contributed by atoms with Crippen LogP contribution >= 0.6 is 0 Å². The summed E-state index contributed by atoms with van der Waals surface area (Å²) < 4.78 is 16.1. The average Bonchev–Trinajstić information content (AvgIpc) is 3.30. The van der Waals surface area contributed by atoms with Crippen molar-refractivity contribution in [2.45, 2.75) is 34.0 Å². The molecule has 2 atom stereocenters. The fourth-order valence-electron chi connectivity index (χ4n) is 3.67. The van der Waals surface area contributed by atoms with Crippen molar-refractivity contribution in [3.05, 3.63) is 77.4 Å². The number of para-hydroxylation sites is 1. The number of benzene rings is 2. The lowest BCUT2D eigenvalue weighted by atomic mass is 10.1. The van der Waals surface area contributed by atoms with Gasteiger partial charge < -0.3 is 14.2 Å². The molecule has 0 spiro atoms. The van der Waals surface area contributed by atoms with Crippen molar-refractivity contribution in [2.75, 3.05) is 7.11 Å². The molecule has 0 aliphatic heterocycles. The number of carbonyl (C=O) groups excluding carboxylic acids is 2. The maximum Gasteiger partial charge on any atom is 0.333 e. The zero-order valence-electron chi connectivity index (χ0n) is 17.9. The van der Waals surface area contributed by atoms with Gasteiger partial charge in [0.25, 0.3) is 0 Å². The fraction of sp³-hybridized carbons (Fsp3) is 0.360. The van der Waals surface area contributed by atoms with E-state index in [0.29, 0.717) is 12.2 Å². The number of rotatable bonds is 8. The Morgan fingerprint density at radius 1 is 1.00 bits per heavy atom. The van der Waals surface area contributed by atoms with Gasteiger partial charge in [0, 0.05) is 5.57 Å². The van der Waals surface area contributed by atoms with Gasteiger partial charge in [-0.15, -0.1) is 0 Å². The highest BCUT2D eigenvalue weighted by Crippen LogP contribution is 2.59. The zero-order chi connectivity index (χ0) is 21.7. The van der Waals surface area contributed by atoms with E-state index in [0.717, 1.165) is 16.9 Å². The fourth-order valence-corrected chi connectivity index (χ4v) is 3.67. The lowest BCUT2D eigenvalue weighted by Crippen LogP contribution is -2.11. The van der Waals surface area contributed by atoms with Crippen molar-refractivity contribution in [1.82, 2.24) is 0 Å². The zero-order valence-corrected chi connectivity index (χ0v) is 17.9. The summed E-state index contributed by atoms with van der Waals surface area (Å²) in [5, 5.41) is 0. The van der Waals surface area contributed by atoms with Crippen LogP contribution in [-0.2, 0) is 32.3 Å². The maximum atomic E-state index is 12.6. The van der Waals surface area contributed by atoms with Crippen LogP contribution in [0.1, 0.15) is 31.9 Å². The van der Waals surface area contributed by atoms with E-state index in [-0.39, 0.29) is 35.8 Å². The Morgan fingerprint density at radius 3 is 2.33 bits per heavy atom. The Labute approximate surface area is 177 Å². The molecule has 5 heteroatoms. The Balaban J connectivity index is 1.55. The van der Waals surface area contributed by atoms with Crippen LogP contribution in [0.4, 0.5) is 0 Å². The van der Waals surface area contributed by atoms with Crippen molar-refractivity contribution in [1.29, 1.82) is 0 Å². The van der Waals surface area contributed by atoms with Gasteiger partial charge in [0.15, 0.2) is 0 Å². The van der Waals surface area contributed by atoms with E-state index in [2.05, 4.69) is 0 Å². The summed E-state index contributed by atoms with van der Waals surface area (Å²) in [6, 6.07) is 17.4. The lowest BCUT2D eigenvalue weighted by molar-refractivity contribution is -0.147. The molecule has 0 unspecified atom stereocenters. The molecule has 0 amide bonds. The molecule has 1 fully saturated rings. The van der Waals surface area contributed by atoms with E-state index >= 15 is 0 Å². The number of hydrogen-bond acceptors (Lipinski definition) is 5. The highest BCUT2D eigenvalue weighted by atomic mass is 16.5. The van der Waals surface area contributed by atoms with E-state index in [1.165, 1.54) is 7.11 Å². The Kier molecular flexibility index (Phi) is 6.60. The van der Waals surface area contributed by atoms with Gasteiger partial charge in [0.2, 0.25) is 0 Å². The van der Waals surface area contributed by atoms with Gasteiger partial charge in [-0.1, -0.05) is 56.3 Å². The minimum absolute atomic E-state index is 0.0327. The van der Waals surface area contributed by atoms with Crippen LogP contribution in [0, 0.1) is 17.3 Å². The first kappa shape index (κ1) is 21.6. The van der Waals surface area contributed by atoms with Gasteiger partial charge in [0.05, 0.1) is 13.0 Å². The lowest BCUT2D eigenvalue weighted by Gasteiger charge is -2.09. The molecule has 1 saturated carbocycles. The van der Waals surface area contributed by atoms with Crippen LogP contribution in [0.3, 0.4) is 0 Å². The summed E-state index contributed by atoms with van der Waals surface area (Å²) in [5.41, 5.74) is 2.19. The third-order valence-electron chi connectivity index (χ3n) is 5.62. The van der Waals surface area contributed by atoms with Crippen LogP contribution in [0.5, 0.6) is 5.75 Å². The van der Waals surface area contributed by atoms with Gasteiger partial charge in [-0.25, -0.2) is 4.79 Å². The molecule has 3 rings (SSSR count). The molecule has 2 aromatic carbocycles. The van der Waals surface area contributed by atoms with Crippen LogP contribution in [-0.4, -0.2) is 19.0 Å². The quantitative estimate of drug-likeness (QED) is 0.468. The summed E-state index contributed by atoms with van der Waals surface area (Å²) in [6.45, 7) is 6.36. The second-order valence-corrected chi connectivity index (χ2v) is 8.20. The predicted octanol–water partition coefficient (Wildman–Crippen LogP) is 4.70. The van der Waals surface area contributed by atoms with E-state index in [1.54, 1.807) is 6.92 Å². The normalized spacial score (nSPS) is 19.7. The minimum Gasteiger partial charge on any atom is -0.489 e. The average molecular weight is 408 g/mol. The molecule has 0 saturated heterocycles. The molecule has 0 aromatic heterocycles. The van der Waals surface area contributed by atoms with Crippen molar-refractivity contribution >= 4 is 11.9 Å². The van der Waals surface area contributed by atoms with E-state index in [4.69, 9.17) is 14.2 Å². The Bertz CT molecular complexity index is 930. The Hall–Kier alpha value is -3.08. The van der Waals surface area contributed by atoms with Crippen molar-refractivity contribution in [3.8, 4) is 5.75 Å². The first-order valence-electron chi connectivity index (χ1n) is 10.0. The van der Waals surface area contributed by atoms with Gasteiger partial charge in [-0.05, 0) is 47.6 Å². The molecular formula is C25H28O5. The van der Waals surface area contributed by atoms with Gasteiger partial charge in [0.1, 0.15) is 19.0 Å². The molecule has 1 aliphatic carbocycles. The minimum atomic E-state index is -0.376. The molecule has 1 aliphatic rings. The number of hydrogen-bond donors (Lipinski definition) is 0. The molecule has 0 bridgehead atoms. The molecule has 30 heavy (non-hydrogen) atoms. The van der Waals surface area contributed by atoms with Crippen LogP contribution in [0.25, 0.3) is 0 Å². The number of carbonyl (C=O) groups is 2. The Morgan fingerprint density at radius 2 is 1.67 bits per heavy atom. The molecule has 5 nitrogen and oxygen atoms in total. The third-order valence-corrected chi connectivity index (χ3v) is 5.62. The van der Waals surface area contributed by atoms with Crippen molar-refractivity contribution in [3.63, 3.8) is 0 Å². The predicted molar refractivity (Wildman–Crippen MR) is 114 cm³/mol. The van der Waals surface area contributed by atoms with Gasteiger partial charge in [-0.3, -0.25) is 4.79 Å². The van der Waals surface area contributed by atoms with Crippen molar-refractivity contribution in [2.24, 2.45) is 17.3 Å². The molecule has 0 N–H and O–H groups in total. The molecule has 158 valence electrons. The maximum absolute atomic E-state index is 12.6. The van der Waals surface area contributed by atoms with E-state index < -0.39 is 0 Å². The highest BCUT2D eigenvalue weighted by molar-refractivity contribution is 5.88. The summed E-state index contributed by atoms with van der Waals surface area (Å²) in [4.78, 5) is 24.3. The van der Waals surface area contributed by atoms with Crippen molar-refractivity contribution < 1.29 is 23.8 Å². The SMILES string of the molecule is COC(=O)/C(C)=C/[C@@H]1[C@@H](C(=O)OCc2cccc(COc3ccccc3)c2)C1(C)C. The highest BCUT2D eigenvalue weighted by Gasteiger charge is 2.61. The van der Waals surface area contributed by atoms with E-state index in [1.807, 2.05) is 74.5 Å². The van der Waals surface area contributed by atoms with Crippen LogP contribution in [0.15, 0.2) is 66.2 Å². The third kappa shape index (κ3) is 5.09. The largest absolute Gasteiger partial charge is 0.489 e. The summed E-state index contributed by atoms with van der Waals surface area (Å²) in [6.07, 6.45) is 1.82. The number of allylic oxidation sites excluding steroid dienone is 1. The van der Waals surface area contributed by atoms with Crippen LogP contribution < -0.4 is 4.74 Å². The second-order valence-electron chi connectivity index (χ2n) is 8.20.